The van der Waals surface area contributed by atoms with E-state index in [2.05, 4.69) is 19.7 Å². The molecule has 4 rings (SSSR count). The number of hydrogen-bond donors (Lipinski definition) is 0. The van der Waals surface area contributed by atoms with E-state index in [9.17, 15) is 4.79 Å². The van der Waals surface area contributed by atoms with Crippen LogP contribution in [0.15, 0.2) is 0 Å². The molecule has 24 heavy (non-hydrogen) atoms. The van der Waals surface area contributed by atoms with Gasteiger partial charge in [-0.05, 0) is 32.1 Å². The molecule has 0 saturated carbocycles. The second-order valence-corrected chi connectivity index (χ2v) is 7.21. The van der Waals surface area contributed by atoms with Gasteiger partial charge in [-0.3, -0.25) is 9.69 Å². The summed E-state index contributed by atoms with van der Waals surface area (Å²) in [6.07, 6.45) is 6.58. The van der Waals surface area contributed by atoms with Gasteiger partial charge in [-0.15, -0.1) is 10.2 Å². The van der Waals surface area contributed by atoms with E-state index in [0.29, 0.717) is 6.54 Å². The first-order valence-corrected chi connectivity index (χ1v) is 9.23. The molecular weight excluding hydrogens is 306 g/mol. The molecule has 2 atom stereocenters. The van der Waals surface area contributed by atoms with E-state index in [1.165, 1.54) is 12.8 Å². The molecule has 3 aliphatic rings. The maximum Gasteiger partial charge on any atom is 0.240 e. The molecule has 2 fully saturated rings. The fourth-order valence-corrected chi connectivity index (χ4v) is 4.28. The fraction of sp³-hybridized carbons (Fsp3) is 0.824. The number of aryl methyl sites for hydroxylation is 1. The van der Waals surface area contributed by atoms with Crippen LogP contribution in [0.2, 0.25) is 0 Å². The van der Waals surface area contributed by atoms with E-state index in [1.807, 2.05) is 4.90 Å². The van der Waals surface area contributed by atoms with Gasteiger partial charge in [-0.1, -0.05) is 0 Å². The van der Waals surface area contributed by atoms with Crippen LogP contribution in [0.1, 0.15) is 43.8 Å². The van der Waals surface area contributed by atoms with Gasteiger partial charge in [0, 0.05) is 39.7 Å². The Labute approximate surface area is 143 Å². The standard InChI is InChI=1S/C17H27N5O2/c1-24-13-10-14(17(23)20-7-4-5-8-20)21(11-13)12-16-19-18-15-6-2-3-9-22(15)16/h13-14H,2-12H2,1H3/t13-,14-/m0/s1. The summed E-state index contributed by atoms with van der Waals surface area (Å²) in [4.78, 5) is 17.2. The van der Waals surface area contributed by atoms with Crippen LogP contribution in [-0.4, -0.2) is 69.4 Å². The average molecular weight is 333 g/mol. The van der Waals surface area contributed by atoms with E-state index >= 15 is 0 Å². The Bertz CT molecular complexity index is 596. The third kappa shape index (κ3) is 2.95. The van der Waals surface area contributed by atoms with Crippen LogP contribution in [0.5, 0.6) is 0 Å². The van der Waals surface area contributed by atoms with Crippen molar-refractivity contribution in [3.63, 3.8) is 0 Å². The molecule has 0 unspecified atom stereocenters. The lowest BCUT2D eigenvalue weighted by molar-refractivity contribution is -0.135. The first-order valence-electron chi connectivity index (χ1n) is 9.23. The zero-order valence-corrected chi connectivity index (χ0v) is 14.5. The molecule has 0 aliphatic carbocycles. The van der Waals surface area contributed by atoms with E-state index in [4.69, 9.17) is 4.74 Å². The van der Waals surface area contributed by atoms with Gasteiger partial charge in [-0.2, -0.15) is 0 Å². The summed E-state index contributed by atoms with van der Waals surface area (Å²) >= 11 is 0. The molecule has 2 saturated heterocycles. The lowest BCUT2D eigenvalue weighted by Gasteiger charge is -2.27. The highest BCUT2D eigenvalue weighted by molar-refractivity contribution is 5.82. The zero-order valence-electron chi connectivity index (χ0n) is 14.5. The molecule has 0 spiro atoms. The van der Waals surface area contributed by atoms with Gasteiger partial charge < -0.3 is 14.2 Å². The molecule has 0 aromatic carbocycles. The van der Waals surface area contributed by atoms with Gasteiger partial charge in [0.1, 0.15) is 11.6 Å². The molecule has 7 heteroatoms. The minimum atomic E-state index is -0.0791. The molecule has 3 aliphatic heterocycles. The molecule has 0 bridgehead atoms. The number of aromatic nitrogens is 3. The molecule has 132 valence electrons. The van der Waals surface area contributed by atoms with Crippen molar-refractivity contribution in [2.75, 3.05) is 26.7 Å². The highest BCUT2D eigenvalue weighted by Gasteiger charge is 2.40. The van der Waals surface area contributed by atoms with E-state index in [-0.39, 0.29) is 18.1 Å². The number of fused-ring (bicyclic) bond motifs is 1. The summed E-state index contributed by atoms with van der Waals surface area (Å²) in [6.45, 7) is 4.30. The second-order valence-electron chi connectivity index (χ2n) is 7.21. The number of amides is 1. The topological polar surface area (TPSA) is 63.5 Å². The SMILES string of the molecule is CO[C@H]1C[C@@H](C(=O)N2CCCC2)N(Cc2nnc3n2CCCC3)C1. The van der Waals surface area contributed by atoms with Crippen LogP contribution >= 0.6 is 0 Å². The molecular formula is C17H27N5O2. The number of carbonyl (C=O) groups is 1. The molecule has 1 amide bonds. The van der Waals surface area contributed by atoms with Crippen LogP contribution in [0.3, 0.4) is 0 Å². The van der Waals surface area contributed by atoms with Gasteiger partial charge in [0.15, 0.2) is 0 Å². The third-order valence-corrected chi connectivity index (χ3v) is 5.68. The minimum absolute atomic E-state index is 0.0791. The van der Waals surface area contributed by atoms with Crippen LogP contribution in [0, 0.1) is 0 Å². The van der Waals surface area contributed by atoms with E-state index < -0.39 is 0 Å². The predicted molar refractivity (Wildman–Crippen MR) is 88.4 cm³/mol. The van der Waals surface area contributed by atoms with Gasteiger partial charge >= 0.3 is 0 Å². The lowest BCUT2D eigenvalue weighted by Crippen LogP contribution is -2.44. The van der Waals surface area contributed by atoms with Crippen molar-refractivity contribution in [1.29, 1.82) is 0 Å². The summed E-state index contributed by atoms with van der Waals surface area (Å²) in [6, 6.07) is -0.0791. The van der Waals surface area contributed by atoms with Crippen molar-refractivity contribution in [3.8, 4) is 0 Å². The van der Waals surface area contributed by atoms with Crippen LogP contribution < -0.4 is 0 Å². The second kappa shape index (κ2) is 6.80. The minimum Gasteiger partial charge on any atom is -0.380 e. The number of rotatable bonds is 4. The largest absolute Gasteiger partial charge is 0.380 e. The van der Waals surface area contributed by atoms with Gasteiger partial charge in [0.05, 0.1) is 18.7 Å². The van der Waals surface area contributed by atoms with Crippen LogP contribution in [0.4, 0.5) is 0 Å². The smallest absolute Gasteiger partial charge is 0.240 e. The number of nitrogens with zero attached hydrogens (tertiary/aromatic N) is 5. The number of carbonyl (C=O) groups excluding carboxylic acids is 1. The van der Waals surface area contributed by atoms with E-state index in [1.54, 1.807) is 7.11 Å². The van der Waals surface area contributed by atoms with E-state index in [0.717, 1.165) is 63.5 Å². The Balaban J connectivity index is 1.51. The highest BCUT2D eigenvalue weighted by Crippen LogP contribution is 2.26. The van der Waals surface area contributed by atoms with Gasteiger partial charge in [0.2, 0.25) is 5.91 Å². The predicted octanol–water partition coefficient (Wildman–Crippen LogP) is 0.826. The zero-order chi connectivity index (χ0) is 16.5. The summed E-state index contributed by atoms with van der Waals surface area (Å²) in [5.41, 5.74) is 0. The normalized spacial score (nSPS) is 27.6. The van der Waals surface area contributed by atoms with Gasteiger partial charge in [0.25, 0.3) is 0 Å². The summed E-state index contributed by atoms with van der Waals surface area (Å²) < 4.78 is 7.81. The molecule has 0 radical (unpaired) electrons. The molecule has 1 aromatic heterocycles. The lowest BCUT2D eigenvalue weighted by atomic mass is 10.1. The van der Waals surface area contributed by atoms with Crippen molar-refractivity contribution < 1.29 is 9.53 Å². The molecule has 7 nitrogen and oxygen atoms in total. The maximum atomic E-state index is 12.9. The maximum absolute atomic E-state index is 12.9. The third-order valence-electron chi connectivity index (χ3n) is 5.68. The molecule has 4 heterocycles. The number of methoxy groups -OCH3 is 1. The average Bonchev–Trinajstić information content (AvgIpc) is 3.35. The number of likely N-dealkylation sites (tertiary alicyclic amines) is 2. The number of ether oxygens (including phenoxy) is 1. The van der Waals surface area contributed by atoms with Crippen molar-refractivity contribution in [2.45, 2.75) is 63.8 Å². The Hall–Kier alpha value is -1.47. The van der Waals surface area contributed by atoms with Crippen LogP contribution in [-0.2, 0) is 29.0 Å². The molecule has 1 aromatic rings. The first kappa shape index (κ1) is 16.0. The summed E-state index contributed by atoms with van der Waals surface area (Å²) in [5.74, 6) is 2.37. The monoisotopic (exact) mass is 333 g/mol. The van der Waals surface area contributed by atoms with Crippen molar-refractivity contribution in [3.05, 3.63) is 11.6 Å². The Morgan fingerprint density at radius 3 is 2.75 bits per heavy atom. The Morgan fingerprint density at radius 1 is 1.17 bits per heavy atom. The van der Waals surface area contributed by atoms with Gasteiger partial charge in [-0.25, -0.2) is 0 Å². The Kier molecular flexibility index (Phi) is 4.54. The first-order chi connectivity index (χ1) is 11.8. The van der Waals surface area contributed by atoms with Crippen LogP contribution in [0.25, 0.3) is 0 Å². The summed E-state index contributed by atoms with van der Waals surface area (Å²) in [7, 11) is 1.74. The Morgan fingerprint density at radius 2 is 1.96 bits per heavy atom. The number of hydrogen-bond acceptors (Lipinski definition) is 5. The summed E-state index contributed by atoms with van der Waals surface area (Å²) in [5, 5.41) is 8.75. The highest BCUT2D eigenvalue weighted by atomic mass is 16.5. The van der Waals surface area contributed by atoms with Crippen molar-refractivity contribution in [2.24, 2.45) is 0 Å². The van der Waals surface area contributed by atoms with Crippen molar-refractivity contribution in [1.82, 2.24) is 24.6 Å². The fourth-order valence-electron chi connectivity index (χ4n) is 4.28. The van der Waals surface area contributed by atoms with Crippen molar-refractivity contribution >= 4 is 5.91 Å². The quantitative estimate of drug-likeness (QED) is 0.816. The molecule has 0 N–H and O–H groups in total.